The maximum atomic E-state index is 11.9. The van der Waals surface area contributed by atoms with Gasteiger partial charge in [0, 0.05) is 6.54 Å². The number of alkyl carbamates (subject to hydrolysis) is 1. The summed E-state index contributed by atoms with van der Waals surface area (Å²) in [5.41, 5.74) is 0. The lowest BCUT2D eigenvalue weighted by Gasteiger charge is -2.20. The first-order chi connectivity index (χ1) is 9.20. The van der Waals surface area contributed by atoms with E-state index in [9.17, 15) is 14.4 Å². The summed E-state index contributed by atoms with van der Waals surface area (Å²) in [7, 11) is 0. The van der Waals surface area contributed by atoms with E-state index in [-0.39, 0.29) is 24.6 Å². The number of hydrogen-bond acceptors (Lipinski definition) is 4. The summed E-state index contributed by atoms with van der Waals surface area (Å²) < 4.78 is 5.19. The second-order valence-electron chi connectivity index (χ2n) is 5.10. The topological polar surface area (TPSA) is 75.7 Å². The van der Waals surface area contributed by atoms with Crippen molar-refractivity contribution in [2.75, 3.05) is 13.1 Å². The lowest BCUT2D eigenvalue weighted by Crippen LogP contribution is -2.43. The highest BCUT2D eigenvalue weighted by Gasteiger charge is 2.28. The minimum Gasteiger partial charge on any atom is -0.446 e. The van der Waals surface area contributed by atoms with Gasteiger partial charge in [-0.05, 0) is 38.5 Å². The van der Waals surface area contributed by atoms with Gasteiger partial charge in [0.15, 0.2) is 0 Å². The first kappa shape index (κ1) is 13.8. The van der Waals surface area contributed by atoms with E-state index in [0.717, 1.165) is 38.4 Å². The SMILES string of the molecule is O=CC1CCCN1C(=O)CNC(=O)OC1CCCC1. The molecule has 106 valence electrons. The van der Waals surface area contributed by atoms with E-state index in [1.807, 2.05) is 0 Å². The molecule has 1 aliphatic heterocycles. The second kappa shape index (κ2) is 6.54. The van der Waals surface area contributed by atoms with Crippen molar-refractivity contribution in [2.45, 2.75) is 50.7 Å². The molecule has 19 heavy (non-hydrogen) atoms. The molecule has 1 saturated carbocycles. The third-order valence-electron chi connectivity index (χ3n) is 3.74. The number of rotatable bonds is 4. The lowest BCUT2D eigenvalue weighted by molar-refractivity contribution is -0.133. The van der Waals surface area contributed by atoms with E-state index in [1.165, 1.54) is 4.90 Å². The summed E-state index contributed by atoms with van der Waals surface area (Å²) >= 11 is 0. The Morgan fingerprint density at radius 2 is 1.95 bits per heavy atom. The Morgan fingerprint density at radius 3 is 2.63 bits per heavy atom. The summed E-state index contributed by atoms with van der Waals surface area (Å²) in [5, 5.41) is 2.46. The van der Waals surface area contributed by atoms with Crippen molar-refractivity contribution in [2.24, 2.45) is 0 Å². The molecule has 1 saturated heterocycles. The molecular weight excluding hydrogens is 248 g/mol. The van der Waals surface area contributed by atoms with Crippen molar-refractivity contribution in [3.05, 3.63) is 0 Å². The molecule has 0 aromatic carbocycles. The molecule has 0 bridgehead atoms. The molecule has 2 fully saturated rings. The number of likely N-dealkylation sites (tertiary alicyclic amines) is 1. The fourth-order valence-electron chi connectivity index (χ4n) is 2.69. The van der Waals surface area contributed by atoms with Crippen LogP contribution in [-0.4, -0.2) is 48.4 Å². The highest BCUT2D eigenvalue weighted by molar-refractivity contribution is 5.84. The van der Waals surface area contributed by atoms with Crippen molar-refractivity contribution in [1.82, 2.24) is 10.2 Å². The molecule has 2 amide bonds. The van der Waals surface area contributed by atoms with E-state index in [4.69, 9.17) is 4.74 Å². The zero-order valence-electron chi connectivity index (χ0n) is 11.0. The standard InChI is InChI=1S/C13H20N2O4/c16-9-10-4-3-7-15(10)12(17)8-14-13(18)19-11-5-1-2-6-11/h9-11H,1-8H2,(H,14,18). The van der Waals surface area contributed by atoms with Crippen molar-refractivity contribution >= 4 is 18.3 Å². The normalized spacial score (nSPS) is 23.4. The van der Waals surface area contributed by atoms with Crippen LogP contribution in [0.25, 0.3) is 0 Å². The third kappa shape index (κ3) is 3.68. The quantitative estimate of drug-likeness (QED) is 0.767. The molecule has 1 heterocycles. The van der Waals surface area contributed by atoms with Crippen LogP contribution >= 0.6 is 0 Å². The first-order valence-electron chi connectivity index (χ1n) is 6.90. The molecular formula is C13H20N2O4. The molecule has 0 aromatic heterocycles. The average Bonchev–Trinajstić information content (AvgIpc) is 3.06. The van der Waals surface area contributed by atoms with Crippen molar-refractivity contribution in [3.8, 4) is 0 Å². The van der Waals surface area contributed by atoms with E-state index in [0.29, 0.717) is 13.0 Å². The highest BCUT2D eigenvalue weighted by Crippen LogP contribution is 2.20. The summed E-state index contributed by atoms with van der Waals surface area (Å²) in [5.74, 6) is -0.224. The molecule has 1 aliphatic carbocycles. The Kier molecular flexibility index (Phi) is 4.76. The Hall–Kier alpha value is -1.59. The predicted octanol–water partition coefficient (Wildman–Crippen LogP) is 0.845. The van der Waals surface area contributed by atoms with Crippen LogP contribution in [0.4, 0.5) is 4.79 Å². The molecule has 6 nitrogen and oxygen atoms in total. The van der Waals surface area contributed by atoms with Gasteiger partial charge in [-0.15, -0.1) is 0 Å². The van der Waals surface area contributed by atoms with Crippen LogP contribution in [0.15, 0.2) is 0 Å². The van der Waals surface area contributed by atoms with E-state index in [2.05, 4.69) is 5.32 Å². The average molecular weight is 268 g/mol. The predicted molar refractivity (Wildman–Crippen MR) is 67.5 cm³/mol. The molecule has 1 N–H and O–H groups in total. The smallest absolute Gasteiger partial charge is 0.407 e. The van der Waals surface area contributed by atoms with Crippen LogP contribution in [0.5, 0.6) is 0 Å². The Labute approximate surface area is 112 Å². The zero-order valence-corrected chi connectivity index (χ0v) is 11.0. The fourth-order valence-corrected chi connectivity index (χ4v) is 2.69. The monoisotopic (exact) mass is 268 g/mol. The number of carbonyl (C=O) groups is 3. The molecule has 2 aliphatic rings. The third-order valence-corrected chi connectivity index (χ3v) is 3.74. The van der Waals surface area contributed by atoms with Crippen LogP contribution in [0.3, 0.4) is 0 Å². The molecule has 0 spiro atoms. The number of hydrogen-bond donors (Lipinski definition) is 1. The van der Waals surface area contributed by atoms with Gasteiger partial charge in [-0.1, -0.05) is 0 Å². The van der Waals surface area contributed by atoms with E-state index >= 15 is 0 Å². The minimum atomic E-state index is -0.540. The van der Waals surface area contributed by atoms with E-state index in [1.54, 1.807) is 0 Å². The lowest BCUT2D eigenvalue weighted by atomic mass is 10.2. The fraction of sp³-hybridized carbons (Fsp3) is 0.769. The van der Waals surface area contributed by atoms with Crippen LogP contribution in [0.1, 0.15) is 38.5 Å². The van der Waals surface area contributed by atoms with Crippen molar-refractivity contribution in [3.63, 3.8) is 0 Å². The second-order valence-corrected chi connectivity index (χ2v) is 5.10. The number of nitrogens with zero attached hydrogens (tertiary/aromatic N) is 1. The van der Waals surface area contributed by atoms with Gasteiger partial charge in [0.05, 0.1) is 6.04 Å². The minimum absolute atomic E-state index is 0.00962. The summed E-state index contributed by atoms with van der Waals surface area (Å²) in [6, 6.07) is -0.333. The summed E-state index contributed by atoms with van der Waals surface area (Å²) in [6.45, 7) is 0.484. The summed E-state index contributed by atoms with van der Waals surface area (Å²) in [6.07, 6.45) is 5.77. The maximum absolute atomic E-state index is 11.9. The van der Waals surface area contributed by atoms with Gasteiger partial charge in [0.1, 0.15) is 18.9 Å². The van der Waals surface area contributed by atoms with Crippen LogP contribution in [0.2, 0.25) is 0 Å². The van der Waals surface area contributed by atoms with Gasteiger partial charge >= 0.3 is 6.09 Å². The van der Waals surface area contributed by atoms with Crippen LogP contribution in [-0.2, 0) is 14.3 Å². The molecule has 0 aromatic rings. The van der Waals surface area contributed by atoms with Crippen molar-refractivity contribution in [1.29, 1.82) is 0 Å². The van der Waals surface area contributed by atoms with Gasteiger partial charge in [0.2, 0.25) is 5.91 Å². The number of aldehydes is 1. The number of ether oxygens (including phenoxy) is 1. The molecule has 1 unspecified atom stereocenters. The van der Waals surface area contributed by atoms with E-state index < -0.39 is 6.09 Å². The molecule has 0 radical (unpaired) electrons. The number of amides is 2. The summed E-state index contributed by atoms with van der Waals surface area (Å²) in [4.78, 5) is 35.6. The molecule has 6 heteroatoms. The van der Waals surface area contributed by atoms with Gasteiger partial charge < -0.3 is 19.7 Å². The Morgan fingerprint density at radius 1 is 1.21 bits per heavy atom. The number of nitrogens with one attached hydrogen (secondary N) is 1. The van der Waals surface area contributed by atoms with Crippen molar-refractivity contribution < 1.29 is 19.1 Å². The first-order valence-corrected chi connectivity index (χ1v) is 6.90. The van der Waals surface area contributed by atoms with Crippen LogP contribution in [0, 0.1) is 0 Å². The Balaban J connectivity index is 1.70. The Bertz CT molecular complexity index is 353. The van der Waals surface area contributed by atoms with Gasteiger partial charge in [0.25, 0.3) is 0 Å². The molecule has 2 rings (SSSR count). The van der Waals surface area contributed by atoms with Gasteiger partial charge in [-0.3, -0.25) is 4.79 Å². The number of carbonyl (C=O) groups excluding carboxylic acids is 3. The molecule has 1 atom stereocenters. The van der Waals surface area contributed by atoms with Gasteiger partial charge in [-0.2, -0.15) is 0 Å². The van der Waals surface area contributed by atoms with Gasteiger partial charge in [-0.25, -0.2) is 4.79 Å². The highest BCUT2D eigenvalue weighted by atomic mass is 16.6. The largest absolute Gasteiger partial charge is 0.446 e. The zero-order chi connectivity index (χ0) is 13.7. The van der Waals surface area contributed by atoms with Crippen LogP contribution < -0.4 is 5.32 Å². The maximum Gasteiger partial charge on any atom is 0.407 e.